The third-order valence-corrected chi connectivity index (χ3v) is 3.77. The van der Waals surface area contributed by atoms with Crippen molar-refractivity contribution < 1.29 is 0 Å². The zero-order valence-corrected chi connectivity index (χ0v) is 8.72. The molecule has 1 aromatic carbocycles. The first-order valence-corrected chi connectivity index (χ1v) is 5.66. The van der Waals surface area contributed by atoms with Crippen molar-refractivity contribution >= 4 is 5.57 Å². The van der Waals surface area contributed by atoms with Crippen LogP contribution in [0.15, 0.2) is 29.8 Å². The molecule has 0 aromatic heterocycles. The zero-order chi connectivity index (χ0) is 9.54. The van der Waals surface area contributed by atoms with Crippen molar-refractivity contribution in [2.24, 2.45) is 5.92 Å². The molecular formula is C14H16. The summed E-state index contributed by atoms with van der Waals surface area (Å²) in [5, 5.41) is 0. The van der Waals surface area contributed by atoms with E-state index in [2.05, 4.69) is 31.2 Å². The molecule has 0 aliphatic heterocycles. The van der Waals surface area contributed by atoms with Gasteiger partial charge in [0.25, 0.3) is 0 Å². The highest BCUT2D eigenvalue weighted by Gasteiger charge is 2.26. The molecule has 0 bridgehead atoms. The summed E-state index contributed by atoms with van der Waals surface area (Å²) in [5.41, 5.74) is 6.53. The molecule has 2 aliphatic rings. The summed E-state index contributed by atoms with van der Waals surface area (Å²) in [5.74, 6) is 0.825. The van der Waals surface area contributed by atoms with Gasteiger partial charge in [-0.15, -0.1) is 0 Å². The van der Waals surface area contributed by atoms with Crippen molar-refractivity contribution in [2.75, 3.05) is 0 Å². The second-order valence-electron chi connectivity index (χ2n) is 4.63. The summed E-state index contributed by atoms with van der Waals surface area (Å²) in [6.45, 7) is 2.39. The Morgan fingerprint density at radius 1 is 1.21 bits per heavy atom. The van der Waals surface area contributed by atoms with Crippen LogP contribution in [0.5, 0.6) is 0 Å². The minimum absolute atomic E-state index is 0.825. The van der Waals surface area contributed by atoms with E-state index in [4.69, 9.17) is 0 Å². The fourth-order valence-corrected chi connectivity index (χ4v) is 2.98. The molecular weight excluding hydrogens is 168 g/mol. The van der Waals surface area contributed by atoms with Crippen LogP contribution in [-0.4, -0.2) is 0 Å². The topological polar surface area (TPSA) is 0 Å². The molecule has 0 heteroatoms. The van der Waals surface area contributed by atoms with Gasteiger partial charge in [0.1, 0.15) is 0 Å². The maximum absolute atomic E-state index is 2.39. The lowest BCUT2D eigenvalue weighted by Gasteiger charge is -2.21. The largest absolute Gasteiger partial charge is 0.0619 e. The predicted octanol–water partition coefficient (Wildman–Crippen LogP) is 3.82. The average Bonchev–Trinajstić information content (AvgIpc) is 2.59. The Kier molecular flexibility index (Phi) is 1.76. The predicted molar refractivity (Wildman–Crippen MR) is 60.1 cm³/mol. The molecule has 0 radical (unpaired) electrons. The Balaban J connectivity index is 2.12. The average molecular weight is 184 g/mol. The van der Waals surface area contributed by atoms with Crippen molar-refractivity contribution in [2.45, 2.75) is 32.6 Å². The Morgan fingerprint density at radius 3 is 3.00 bits per heavy atom. The smallest absolute Gasteiger partial charge is 0.00523 e. The van der Waals surface area contributed by atoms with Gasteiger partial charge in [-0.3, -0.25) is 0 Å². The molecule has 2 aliphatic carbocycles. The standard InChI is InChI=1S/C14H16/c1-10-5-4-8-13-12-7-3-2-6-11(12)9-14(10)13/h2-3,6-7,10H,4-5,8-9H2,1H3. The summed E-state index contributed by atoms with van der Waals surface area (Å²) in [4.78, 5) is 0. The van der Waals surface area contributed by atoms with E-state index in [0.29, 0.717) is 0 Å². The molecule has 14 heavy (non-hydrogen) atoms. The highest BCUT2D eigenvalue weighted by molar-refractivity contribution is 5.77. The Bertz CT molecular complexity index is 398. The van der Waals surface area contributed by atoms with E-state index in [1.54, 1.807) is 22.3 Å². The van der Waals surface area contributed by atoms with Crippen molar-refractivity contribution in [3.05, 3.63) is 41.0 Å². The van der Waals surface area contributed by atoms with Gasteiger partial charge in [-0.2, -0.15) is 0 Å². The van der Waals surface area contributed by atoms with E-state index in [1.165, 1.54) is 25.7 Å². The minimum atomic E-state index is 0.825. The Labute approximate surface area is 85.6 Å². The monoisotopic (exact) mass is 184 g/mol. The van der Waals surface area contributed by atoms with Crippen molar-refractivity contribution in [1.82, 2.24) is 0 Å². The SMILES string of the molecule is CC1CCCC2=C1Cc1ccccc12. The number of benzene rings is 1. The van der Waals surface area contributed by atoms with Gasteiger partial charge in [-0.25, -0.2) is 0 Å². The van der Waals surface area contributed by atoms with Gasteiger partial charge in [0.15, 0.2) is 0 Å². The minimum Gasteiger partial charge on any atom is -0.0619 e. The lowest BCUT2D eigenvalue weighted by molar-refractivity contribution is 0.556. The highest BCUT2D eigenvalue weighted by atomic mass is 14.3. The summed E-state index contributed by atoms with van der Waals surface area (Å²) in [6.07, 6.45) is 5.32. The maximum Gasteiger partial charge on any atom is -0.00523 e. The molecule has 0 heterocycles. The van der Waals surface area contributed by atoms with Gasteiger partial charge in [0, 0.05) is 0 Å². The first-order chi connectivity index (χ1) is 6.86. The first-order valence-electron chi connectivity index (χ1n) is 5.66. The Morgan fingerprint density at radius 2 is 2.07 bits per heavy atom. The van der Waals surface area contributed by atoms with Crippen LogP contribution in [0.2, 0.25) is 0 Å². The maximum atomic E-state index is 2.39. The van der Waals surface area contributed by atoms with Crippen molar-refractivity contribution in [1.29, 1.82) is 0 Å². The number of hydrogen-bond donors (Lipinski definition) is 0. The number of allylic oxidation sites excluding steroid dienone is 2. The molecule has 3 rings (SSSR count). The lowest BCUT2D eigenvalue weighted by Crippen LogP contribution is -2.05. The molecule has 0 spiro atoms. The molecule has 0 fully saturated rings. The summed E-state index contributed by atoms with van der Waals surface area (Å²) in [7, 11) is 0. The normalized spacial score (nSPS) is 24.8. The number of fused-ring (bicyclic) bond motifs is 2. The Hall–Kier alpha value is -1.04. The van der Waals surface area contributed by atoms with Crippen LogP contribution >= 0.6 is 0 Å². The van der Waals surface area contributed by atoms with Crippen LogP contribution in [0.3, 0.4) is 0 Å². The van der Waals surface area contributed by atoms with Crippen LogP contribution in [0.4, 0.5) is 0 Å². The van der Waals surface area contributed by atoms with Crippen molar-refractivity contribution in [3.63, 3.8) is 0 Å². The molecule has 0 saturated heterocycles. The lowest BCUT2D eigenvalue weighted by atomic mass is 9.84. The van der Waals surface area contributed by atoms with E-state index in [1.807, 2.05) is 0 Å². The fraction of sp³-hybridized carbons (Fsp3) is 0.429. The van der Waals surface area contributed by atoms with Crippen LogP contribution in [0.25, 0.3) is 5.57 Å². The molecule has 72 valence electrons. The van der Waals surface area contributed by atoms with Gasteiger partial charge >= 0.3 is 0 Å². The van der Waals surface area contributed by atoms with E-state index >= 15 is 0 Å². The summed E-state index contributed by atoms with van der Waals surface area (Å²) >= 11 is 0. The fourth-order valence-electron chi connectivity index (χ4n) is 2.98. The molecule has 0 amide bonds. The quantitative estimate of drug-likeness (QED) is 0.575. The first kappa shape index (κ1) is 8.28. The van der Waals surface area contributed by atoms with Crippen molar-refractivity contribution in [3.8, 4) is 0 Å². The van der Waals surface area contributed by atoms with E-state index < -0.39 is 0 Å². The third-order valence-electron chi connectivity index (χ3n) is 3.77. The second-order valence-corrected chi connectivity index (χ2v) is 4.63. The summed E-state index contributed by atoms with van der Waals surface area (Å²) in [6, 6.07) is 8.94. The second kappa shape index (κ2) is 2.98. The molecule has 1 aromatic rings. The van der Waals surface area contributed by atoms with Crippen LogP contribution in [-0.2, 0) is 6.42 Å². The molecule has 0 N–H and O–H groups in total. The molecule has 0 nitrogen and oxygen atoms in total. The van der Waals surface area contributed by atoms with Gasteiger partial charge < -0.3 is 0 Å². The summed E-state index contributed by atoms with van der Waals surface area (Å²) < 4.78 is 0. The van der Waals surface area contributed by atoms with E-state index in [-0.39, 0.29) is 0 Å². The van der Waals surface area contributed by atoms with Gasteiger partial charge in [0.05, 0.1) is 0 Å². The van der Waals surface area contributed by atoms with Crippen LogP contribution in [0.1, 0.15) is 37.3 Å². The molecule has 1 atom stereocenters. The zero-order valence-electron chi connectivity index (χ0n) is 8.72. The van der Waals surface area contributed by atoms with E-state index in [9.17, 15) is 0 Å². The van der Waals surface area contributed by atoms with Gasteiger partial charge in [-0.05, 0) is 48.3 Å². The number of rotatable bonds is 0. The van der Waals surface area contributed by atoms with Crippen LogP contribution < -0.4 is 0 Å². The molecule has 1 unspecified atom stereocenters. The van der Waals surface area contributed by atoms with Crippen LogP contribution in [0, 0.1) is 5.92 Å². The number of hydrogen-bond acceptors (Lipinski definition) is 0. The highest BCUT2D eigenvalue weighted by Crippen LogP contribution is 2.43. The third kappa shape index (κ3) is 1.06. The molecule has 0 saturated carbocycles. The van der Waals surface area contributed by atoms with E-state index in [0.717, 1.165) is 5.92 Å². The van der Waals surface area contributed by atoms with Gasteiger partial charge in [0.2, 0.25) is 0 Å². The van der Waals surface area contributed by atoms with Gasteiger partial charge in [-0.1, -0.05) is 36.8 Å².